The highest BCUT2D eigenvalue weighted by Gasteiger charge is 2.15. The highest BCUT2D eigenvalue weighted by molar-refractivity contribution is 5.00. The molecule has 0 radical (unpaired) electrons. The van der Waals surface area contributed by atoms with E-state index in [4.69, 9.17) is 5.73 Å². The molecule has 0 fully saturated rings. The van der Waals surface area contributed by atoms with Crippen molar-refractivity contribution in [1.29, 1.82) is 0 Å². The second-order valence-corrected chi connectivity index (χ2v) is 2.79. The van der Waals surface area contributed by atoms with Crippen LogP contribution in [0.25, 0.3) is 0 Å². The Labute approximate surface area is 71.5 Å². The van der Waals surface area contributed by atoms with Gasteiger partial charge in [-0.3, -0.25) is 9.97 Å². The van der Waals surface area contributed by atoms with E-state index in [1.54, 1.807) is 18.6 Å². The zero-order chi connectivity index (χ0) is 8.97. The van der Waals surface area contributed by atoms with E-state index in [2.05, 4.69) is 9.97 Å². The smallest absolute Gasteiger partial charge is 0.101 e. The summed E-state index contributed by atoms with van der Waals surface area (Å²) >= 11 is 0. The number of nitrogens with two attached hydrogens (primary N) is 1. The van der Waals surface area contributed by atoms with Gasteiger partial charge in [-0.1, -0.05) is 6.92 Å². The highest BCUT2D eigenvalue weighted by Crippen LogP contribution is 2.17. The number of rotatable bonds is 3. The summed E-state index contributed by atoms with van der Waals surface area (Å²) in [4.78, 5) is 7.84. The quantitative estimate of drug-likeness (QED) is 0.670. The van der Waals surface area contributed by atoms with Crippen molar-refractivity contribution in [2.75, 3.05) is 6.54 Å². The van der Waals surface area contributed by atoms with Gasteiger partial charge in [0, 0.05) is 18.3 Å². The van der Waals surface area contributed by atoms with E-state index < -0.39 is 6.10 Å². The van der Waals surface area contributed by atoms with Crippen LogP contribution in [0.3, 0.4) is 0 Å². The van der Waals surface area contributed by atoms with Gasteiger partial charge in [0.2, 0.25) is 0 Å². The van der Waals surface area contributed by atoms with E-state index in [1.807, 2.05) is 6.92 Å². The van der Waals surface area contributed by atoms with Gasteiger partial charge in [-0.2, -0.15) is 0 Å². The van der Waals surface area contributed by atoms with Gasteiger partial charge in [-0.15, -0.1) is 0 Å². The summed E-state index contributed by atoms with van der Waals surface area (Å²) in [5.41, 5.74) is 5.98. The molecule has 2 atom stereocenters. The van der Waals surface area contributed by atoms with Crippen molar-refractivity contribution in [1.82, 2.24) is 9.97 Å². The molecule has 3 N–H and O–H groups in total. The van der Waals surface area contributed by atoms with Crippen LogP contribution in [0.15, 0.2) is 18.6 Å². The van der Waals surface area contributed by atoms with Gasteiger partial charge in [0.25, 0.3) is 0 Å². The van der Waals surface area contributed by atoms with Gasteiger partial charge < -0.3 is 10.8 Å². The molecule has 0 aliphatic heterocycles. The minimum Gasteiger partial charge on any atom is -0.386 e. The number of aliphatic hydroxyl groups is 1. The molecule has 0 aromatic carbocycles. The summed E-state index contributed by atoms with van der Waals surface area (Å²) in [5.74, 6) is 0.0155. The van der Waals surface area contributed by atoms with Crippen molar-refractivity contribution < 1.29 is 5.11 Å². The summed E-state index contributed by atoms with van der Waals surface area (Å²) in [7, 11) is 0. The minimum atomic E-state index is -0.608. The molecule has 0 saturated carbocycles. The van der Waals surface area contributed by atoms with Crippen LogP contribution < -0.4 is 5.73 Å². The molecule has 66 valence electrons. The number of aromatic nitrogens is 2. The molecule has 4 nitrogen and oxygen atoms in total. The van der Waals surface area contributed by atoms with E-state index in [1.165, 1.54) is 0 Å². The zero-order valence-corrected chi connectivity index (χ0v) is 7.01. The molecular weight excluding hydrogens is 154 g/mol. The first-order chi connectivity index (χ1) is 5.75. The van der Waals surface area contributed by atoms with Gasteiger partial charge in [0.1, 0.15) is 6.10 Å². The van der Waals surface area contributed by atoms with Gasteiger partial charge in [-0.05, 0) is 6.54 Å². The van der Waals surface area contributed by atoms with E-state index in [0.717, 1.165) is 0 Å². The lowest BCUT2D eigenvalue weighted by Crippen LogP contribution is -2.19. The number of aliphatic hydroxyl groups excluding tert-OH is 1. The first kappa shape index (κ1) is 9.09. The van der Waals surface area contributed by atoms with Crippen molar-refractivity contribution in [2.45, 2.75) is 13.0 Å². The molecule has 0 aliphatic carbocycles. The summed E-state index contributed by atoms with van der Waals surface area (Å²) in [6, 6.07) is 0. The monoisotopic (exact) mass is 167 g/mol. The molecule has 0 spiro atoms. The predicted molar refractivity (Wildman–Crippen MR) is 45.2 cm³/mol. The molecule has 0 aliphatic rings. The van der Waals surface area contributed by atoms with Gasteiger partial charge in [0.05, 0.1) is 11.9 Å². The van der Waals surface area contributed by atoms with Crippen LogP contribution in [-0.4, -0.2) is 21.6 Å². The molecule has 0 bridgehead atoms. The van der Waals surface area contributed by atoms with Crippen molar-refractivity contribution >= 4 is 0 Å². The first-order valence-electron chi connectivity index (χ1n) is 3.89. The molecule has 1 heterocycles. The molecule has 1 aromatic rings. The largest absolute Gasteiger partial charge is 0.386 e. The topological polar surface area (TPSA) is 72.0 Å². The van der Waals surface area contributed by atoms with Crippen LogP contribution in [0.1, 0.15) is 18.7 Å². The molecule has 4 heteroatoms. The third-order valence-corrected chi connectivity index (χ3v) is 1.80. The molecule has 12 heavy (non-hydrogen) atoms. The predicted octanol–water partition coefficient (Wildman–Crippen LogP) is 0.105. The van der Waals surface area contributed by atoms with Crippen LogP contribution >= 0.6 is 0 Å². The average molecular weight is 167 g/mol. The molecule has 2 unspecified atom stereocenters. The standard InChI is InChI=1S/C8H13N3O/c1-6(4-9)8(12)7-5-10-2-3-11-7/h2-3,5-6,8,12H,4,9H2,1H3. The van der Waals surface area contributed by atoms with Crippen LogP contribution in [0, 0.1) is 5.92 Å². The Morgan fingerprint density at radius 1 is 1.58 bits per heavy atom. The Balaban J connectivity index is 2.71. The normalized spacial score (nSPS) is 15.6. The van der Waals surface area contributed by atoms with E-state index in [-0.39, 0.29) is 5.92 Å². The first-order valence-corrected chi connectivity index (χ1v) is 3.89. The third-order valence-electron chi connectivity index (χ3n) is 1.80. The van der Waals surface area contributed by atoms with Crippen molar-refractivity contribution in [3.8, 4) is 0 Å². The van der Waals surface area contributed by atoms with E-state index >= 15 is 0 Å². The zero-order valence-electron chi connectivity index (χ0n) is 7.01. The fourth-order valence-electron chi connectivity index (χ4n) is 0.884. The van der Waals surface area contributed by atoms with Crippen LogP contribution in [0.4, 0.5) is 0 Å². The maximum absolute atomic E-state index is 9.61. The second kappa shape index (κ2) is 4.13. The Morgan fingerprint density at radius 3 is 2.83 bits per heavy atom. The van der Waals surface area contributed by atoms with Crippen LogP contribution in [-0.2, 0) is 0 Å². The lowest BCUT2D eigenvalue weighted by molar-refractivity contribution is 0.117. The Morgan fingerprint density at radius 2 is 2.33 bits per heavy atom. The number of hydrogen-bond donors (Lipinski definition) is 2. The fourth-order valence-corrected chi connectivity index (χ4v) is 0.884. The molecule has 1 aromatic heterocycles. The number of nitrogens with zero attached hydrogens (tertiary/aromatic N) is 2. The molecular formula is C8H13N3O. The van der Waals surface area contributed by atoms with Crippen molar-refractivity contribution in [2.24, 2.45) is 11.7 Å². The lowest BCUT2D eigenvalue weighted by atomic mass is 10.0. The average Bonchev–Trinajstić information content (AvgIpc) is 2.17. The van der Waals surface area contributed by atoms with Crippen LogP contribution in [0.2, 0.25) is 0 Å². The Hall–Kier alpha value is -1.00. The summed E-state index contributed by atoms with van der Waals surface area (Å²) in [6.07, 6.45) is 4.07. The van der Waals surface area contributed by atoms with Gasteiger partial charge in [-0.25, -0.2) is 0 Å². The molecule has 1 rings (SSSR count). The second-order valence-electron chi connectivity index (χ2n) is 2.79. The summed E-state index contributed by atoms with van der Waals surface area (Å²) < 4.78 is 0. The Kier molecular flexibility index (Phi) is 3.13. The maximum Gasteiger partial charge on any atom is 0.101 e. The minimum absolute atomic E-state index is 0.0155. The molecule has 0 amide bonds. The van der Waals surface area contributed by atoms with Gasteiger partial charge in [0.15, 0.2) is 0 Å². The summed E-state index contributed by atoms with van der Waals surface area (Å²) in [5, 5.41) is 9.61. The van der Waals surface area contributed by atoms with Crippen molar-refractivity contribution in [3.05, 3.63) is 24.3 Å². The highest BCUT2D eigenvalue weighted by atomic mass is 16.3. The van der Waals surface area contributed by atoms with Crippen molar-refractivity contribution in [3.63, 3.8) is 0 Å². The third kappa shape index (κ3) is 1.99. The maximum atomic E-state index is 9.61. The SMILES string of the molecule is CC(CN)C(O)c1cnccn1. The summed E-state index contributed by atoms with van der Waals surface area (Å²) in [6.45, 7) is 2.32. The molecule has 0 saturated heterocycles. The Bertz CT molecular complexity index is 227. The number of hydrogen-bond acceptors (Lipinski definition) is 4. The van der Waals surface area contributed by atoms with E-state index in [0.29, 0.717) is 12.2 Å². The van der Waals surface area contributed by atoms with Gasteiger partial charge >= 0.3 is 0 Å². The van der Waals surface area contributed by atoms with Crippen LogP contribution in [0.5, 0.6) is 0 Å². The lowest BCUT2D eigenvalue weighted by Gasteiger charge is -2.15. The van der Waals surface area contributed by atoms with E-state index in [9.17, 15) is 5.11 Å². The fraction of sp³-hybridized carbons (Fsp3) is 0.500.